The number of para-hydroxylation sites is 1. The maximum atomic E-state index is 13.4. The number of carbonyl (C=O) groups excluding carboxylic acids is 1. The van der Waals surface area contributed by atoms with Crippen LogP contribution in [0.3, 0.4) is 0 Å². The highest BCUT2D eigenvalue weighted by atomic mass is 16.7. The molecule has 2 aliphatic heterocycles. The van der Waals surface area contributed by atoms with Crippen molar-refractivity contribution in [3.8, 4) is 17.2 Å². The fourth-order valence-electron chi connectivity index (χ4n) is 3.73. The van der Waals surface area contributed by atoms with Gasteiger partial charge in [0.15, 0.2) is 11.5 Å². The van der Waals surface area contributed by atoms with Gasteiger partial charge in [-0.1, -0.05) is 30.3 Å². The van der Waals surface area contributed by atoms with Crippen molar-refractivity contribution in [1.82, 2.24) is 4.90 Å². The minimum atomic E-state index is -0.325. The molecule has 1 atom stereocenters. The summed E-state index contributed by atoms with van der Waals surface area (Å²) in [6, 6.07) is 21.1. The third kappa shape index (κ3) is 3.12. The Balaban J connectivity index is 1.53. The maximum Gasteiger partial charge on any atom is 0.258 e. The molecule has 0 saturated carbocycles. The molecule has 29 heavy (non-hydrogen) atoms. The zero-order valence-electron chi connectivity index (χ0n) is 15.9. The Morgan fingerprint density at radius 1 is 1.03 bits per heavy atom. The normalized spacial score (nSPS) is 16.9. The summed E-state index contributed by atoms with van der Waals surface area (Å²) < 4.78 is 16.2. The van der Waals surface area contributed by atoms with Crippen molar-refractivity contribution < 1.29 is 19.0 Å². The molecule has 6 nitrogen and oxygen atoms in total. The van der Waals surface area contributed by atoms with Gasteiger partial charge in [-0.2, -0.15) is 0 Å². The SMILES string of the molecule is COc1ccc(CN2C(=O)c3ccccc3NC2c2ccc3c(c2)OCO3)cc1. The lowest BCUT2D eigenvalue weighted by Crippen LogP contribution is -2.42. The van der Waals surface area contributed by atoms with Crippen LogP contribution in [0.15, 0.2) is 66.7 Å². The Morgan fingerprint density at radius 3 is 2.66 bits per heavy atom. The molecule has 1 unspecified atom stereocenters. The van der Waals surface area contributed by atoms with Gasteiger partial charge in [0.25, 0.3) is 5.91 Å². The second-order valence-corrected chi connectivity index (χ2v) is 6.99. The van der Waals surface area contributed by atoms with E-state index in [0.29, 0.717) is 17.9 Å². The van der Waals surface area contributed by atoms with Crippen LogP contribution in [0, 0.1) is 0 Å². The van der Waals surface area contributed by atoms with Crippen LogP contribution in [0.1, 0.15) is 27.7 Å². The Bertz CT molecular complexity index is 1060. The molecule has 6 heteroatoms. The standard InChI is InChI=1S/C23H20N2O4/c1-27-17-9-6-15(7-10-17)13-25-22(16-8-11-20-21(12-16)29-14-28-20)24-19-5-3-2-4-18(19)23(25)26/h2-12,22,24H,13-14H2,1H3. The molecular weight excluding hydrogens is 368 g/mol. The van der Waals surface area contributed by atoms with Gasteiger partial charge in [0.2, 0.25) is 6.79 Å². The fourth-order valence-corrected chi connectivity index (χ4v) is 3.73. The number of carbonyl (C=O) groups is 1. The van der Waals surface area contributed by atoms with Gasteiger partial charge in [-0.15, -0.1) is 0 Å². The van der Waals surface area contributed by atoms with Crippen molar-refractivity contribution in [2.75, 3.05) is 19.2 Å². The van der Waals surface area contributed by atoms with E-state index in [9.17, 15) is 4.79 Å². The summed E-state index contributed by atoms with van der Waals surface area (Å²) in [6.07, 6.45) is -0.325. The molecule has 1 amide bonds. The quantitative estimate of drug-likeness (QED) is 0.726. The van der Waals surface area contributed by atoms with E-state index >= 15 is 0 Å². The predicted molar refractivity (Wildman–Crippen MR) is 108 cm³/mol. The van der Waals surface area contributed by atoms with Gasteiger partial charge >= 0.3 is 0 Å². The number of ether oxygens (including phenoxy) is 3. The number of methoxy groups -OCH3 is 1. The number of rotatable bonds is 4. The molecule has 146 valence electrons. The Labute approximate surface area is 168 Å². The molecular formula is C23H20N2O4. The molecule has 2 aliphatic rings. The number of fused-ring (bicyclic) bond motifs is 2. The van der Waals surface area contributed by atoms with Gasteiger partial charge in [-0.25, -0.2) is 0 Å². The highest BCUT2D eigenvalue weighted by Gasteiger charge is 2.33. The zero-order valence-corrected chi connectivity index (χ0v) is 15.9. The number of anilines is 1. The average Bonchev–Trinajstić information content (AvgIpc) is 3.24. The van der Waals surface area contributed by atoms with E-state index in [1.54, 1.807) is 7.11 Å². The van der Waals surface area contributed by atoms with Crippen LogP contribution in [0.25, 0.3) is 0 Å². The van der Waals surface area contributed by atoms with E-state index in [4.69, 9.17) is 14.2 Å². The molecule has 0 aliphatic carbocycles. The Hall–Kier alpha value is -3.67. The van der Waals surface area contributed by atoms with Crippen LogP contribution in [-0.4, -0.2) is 24.7 Å². The van der Waals surface area contributed by atoms with Gasteiger partial charge in [-0.3, -0.25) is 4.79 Å². The second-order valence-electron chi connectivity index (χ2n) is 6.99. The van der Waals surface area contributed by atoms with Crippen molar-refractivity contribution >= 4 is 11.6 Å². The Morgan fingerprint density at radius 2 is 1.83 bits per heavy atom. The minimum Gasteiger partial charge on any atom is -0.497 e. The number of nitrogens with one attached hydrogen (secondary N) is 1. The number of amides is 1. The summed E-state index contributed by atoms with van der Waals surface area (Å²) in [6.45, 7) is 0.678. The molecule has 0 aromatic heterocycles. The molecule has 0 fully saturated rings. The molecule has 1 N–H and O–H groups in total. The van der Waals surface area contributed by atoms with E-state index in [0.717, 1.165) is 28.3 Å². The van der Waals surface area contributed by atoms with Gasteiger partial charge in [0, 0.05) is 12.2 Å². The van der Waals surface area contributed by atoms with Crippen molar-refractivity contribution in [1.29, 1.82) is 0 Å². The minimum absolute atomic E-state index is 0.0159. The van der Waals surface area contributed by atoms with Crippen molar-refractivity contribution in [3.63, 3.8) is 0 Å². The summed E-state index contributed by atoms with van der Waals surface area (Å²) in [4.78, 5) is 15.2. The first-order valence-electron chi connectivity index (χ1n) is 9.42. The van der Waals surface area contributed by atoms with Gasteiger partial charge in [0.1, 0.15) is 11.9 Å². The molecule has 0 radical (unpaired) electrons. The number of benzene rings is 3. The molecule has 0 saturated heterocycles. The number of nitrogens with zero attached hydrogens (tertiary/aromatic N) is 1. The zero-order chi connectivity index (χ0) is 19.8. The second kappa shape index (κ2) is 7.05. The first kappa shape index (κ1) is 17.4. The van der Waals surface area contributed by atoms with Gasteiger partial charge in [0.05, 0.1) is 12.7 Å². The van der Waals surface area contributed by atoms with Crippen LogP contribution in [-0.2, 0) is 6.54 Å². The summed E-state index contributed by atoms with van der Waals surface area (Å²) >= 11 is 0. The molecule has 0 spiro atoms. The van der Waals surface area contributed by atoms with Crippen molar-refractivity contribution in [3.05, 3.63) is 83.4 Å². The van der Waals surface area contributed by atoms with Crippen LogP contribution in [0.2, 0.25) is 0 Å². The smallest absolute Gasteiger partial charge is 0.258 e. The molecule has 0 bridgehead atoms. The Kier molecular flexibility index (Phi) is 4.24. The molecule has 3 aromatic rings. The summed E-state index contributed by atoms with van der Waals surface area (Å²) in [7, 11) is 1.64. The summed E-state index contributed by atoms with van der Waals surface area (Å²) in [5.41, 5.74) is 3.45. The van der Waals surface area contributed by atoms with E-state index in [1.165, 1.54) is 0 Å². The third-order valence-corrected chi connectivity index (χ3v) is 5.25. The van der Waals surface area contributed by atoms with Gasteiger partial charge < -0.3 is 24.4 Å². The molecule has 5 rings (SSSR count). The van der Waals surface area contributed by atoms with Crippen LogP contribution < -0.4 is 19.5 Å². The first-order valence-corrected chi connectivity index (χ1v) is 9.42. The topological polar surface area (TPSA) is 60.0 Å². The lowest BCUT2D eigenvalue weighted by Gasteiger charge is -2.38. The summed E-state index contributed by atoms with van der Waals surface area (Å²) in [5, 5.41) is 3.51. The van der Waals surface area contributed by atoms with E-state index in [-0.39, 0.29) is 18.9 Å². The third-order valence-electron chi connectivity index (χ3n) is 5.25. The van der Waals surface area contributed by atoms with E-state index in [1.807, 2.05) is 71.6 Å². The summed E-state index contributed by atoms with van der Waals surface area (Å²) in [5.74, 6) is 2.19. The van der Waals surface area contributed by atoms with Gasteiger partial charge in [-0.05, 0) is 47.5 Å². The lowest BCUT2D eigenvalue weighted by molar-refractivity contribution is 0.0666. The van der Waals surface area contributed by atoms with Crippen LogP contribution in [0.5, 0.6) is 17.2 Å². The van der Waals surface area contributed by atoms with E-state index in [2.05, 4.69) is 5.32 Å². The number of hydrogen-bond donors (Lipinski definition) is 1. The monoisotopic (exact) mass is 388 g/mol. The predicted octanol–water partition coefficient (Wildman–Crippen LogP) is 4.19. The highest BCUT2D eigenvalue weighted by Crippen LogP contribution is 2.39. The number of hydrogen-bond acceptors (Lipinski definition) is 5. The highest BCUT2D eigenvalue weighted by molar-refractivity contribution is 6.01. The lowest BCUT2D eigenvalue weighted by atomic mass is 10.0. The average molecular weight is 388 g/mol. The van der Waals surface area contributed by atoms with Crippen LogP contribution in [0.4, 0.5) is 5.69 Å². The molecule has 2 heterocycles. The van der Waals surface area contributed by atoms with E-state index < -0.39 is 0 Å². The van der Waals surface area contributed by atoms with Crippen LogP contribution >= 0.6 is 0 Å². The van der Waals surface area contributed by atoms with Crippen molar-refractivity contribution in [2.24, 2.45) is 0 Å². The molecule has 3 aromatic carbocycles. The maximum absolute atomic E-state index is 13.4. The largest absolute Gasteiger partial charge is 0.497 e. The van der Waals surface area contributed by atoms with Crippen molar-refractivity contribution in [2.45, 2.75) is 12.7 Å². The fraction of sp³-hybridized carbons (Fsp3) is 0.174. The first-order chi connectivity index (χ1) is 14.2.